The topological polar surface area (TPSA) is 15.3 Å². The van der Waals surface area contributed by atoms with E-state index >= 15 is 0 Å². The minimum atomic E-state index is 0. The average molecular weight is 227 g/mol. The average Bonchev–Trinajstić information content (AvgIpc) is 2.58. The molecule has 2 aliphatic rings. The van der Waals surface area contributed by atoms with Crippen molar-refractivity contribution in [2.45, 2.75) is 31.7 Å². The van der Waals surface area contributed by atoms with E-state index in [1.54, 1.807) is 0 Å². The van der Waals surface area contributed by atoms with E-state index in [1.165, 1.54) is 51.9 Å². The molecule has 4 heteroatoms. The summed E-state index contributed by atoms with van der Waals surface area (Å²) in [4.78, 5) is 2.66. The summed E-state index contributed by atoms with van der Waals surface area (Å²) >= 11 is 0. The minimum Gasteiger partial charge on any atom is -0.315 e. The van der Waals surface area contributed by atoms with Crippen molar-refractivity contribution in [3.05, 3.63) is 0 Å². The van der Waals surface area contributed by atoms with Gasteiger partial charge in [-0.3, -0.25) is 4.90 Å². The van der Waals surface area contributed by atoms with E-state index in [-0.39, 0.29) is 24.8 Å². The van der Waals surface area contributed by atoms with Gasteiger partial charge in [-0.15, -0.1) is 24.8 Å². The van der Waals surface area contributed by atoms with Crippen LogP contribution in [-0.4, -0.2) is 37.1 Å². The summed E-state index contributed by atoms with van der Waals surface area (Å²) in [5, 5.41) is 3.47. The van der Waals surface area contributed by atoms with Gasteiger partial charge < -0.3 is 5.32 Å². The quantitative estimate of drug-likeness (QED) is 0.733. The Labute approximate surface area is 93.3 Å². The Kier molecular flexibility index (Phi) is 7.15. The third-order valence-electron chi connectivity index (χ3n) is 2.93. The number of piperidine rings is 1. The molecule has 0 aliphatic carbocycles. The summed E-state index contributed by atoms with van der Waals surface area (Å²) in [7, 11) is 0. The van der Waals surface area contributed by atoms with E-state index < -0.39 is 0 Å². The van der Waals surface area contributed by atoms with Crippen LogP contribution in [0.4, 0.5) is 0 Å². The molecule has 0 saturated carbocycles. The standard InChI is InChI=1S/C9H18N2.2ClH/c1-2-7-11(6-1)9-4-3-5-10-8-9;;/h9-10H,1-8H2;2*1H. The molecule has 1 atom stereocenters. The number of hydrogen-bond donors (Lipinski definition) is 1. The van der Waals surface area contributed by atoms with Crippen LogP contribution in [0, 0.1) is 0 Å². The summed E-state index contributed by atoms with van der Waals surface area (Å²) < 4.78 is 0. The zero-order valence-corrected chi connectivity index (χ0v) is 9.63. The van der Waals surface area contributed by atoms with Crippen molar-refractivity contribution in [3.63, 3.8) is 0 Å². The second-order valence-corrected chi connectivity index (χ2v) is 3.74. The minimum absolute atomic E-state index is 0. The predicted octanol–water partition coefficient (Wildman–Crippen LogP) is 1.68. The van der Waals surface area contributed by atoms with Crippen LogP contribution in [0.25, 0.3) is 0 Å². The molecule has 2 heterocycles. The molecule has 1 unspecified atom stereocenters. The van der Waals surface area contributed by atoms with Crippen LogP contribution in [-0.2, 0) is 0 Å². The van der Waals surface area contributed by atoms with Crippen molar-refractivity contribution in [2.75, 3.05) is 26.2 Å². The van der Waals surface area contributed by atoms with Crippen molar-refractivity contribution in [3.8, 4) is 0 Å². The van der Waals surface area contributed by atoms with Crippen molar-refractivity contribution in [1.29, 1.82) is 0 Å². The first-order valence-electron chi connectivity index (χ1n) is 4.91. The van der Waals surface area contributed by atoms with Crippen LogP contribution < -0.4 is 5.32 Å². The SMILES string of the molecule is C1CNCC(N2CCCC2)C1.Cl.Cl. The molecule has 0 spiro atoms. The molecular weight excluding hydrogens is 207 g/mol. The van der Waals surface area contributed by atoms with E-state index in [4.69, 9.17) is 0 Å². The number of likely N-dealkylation sites (tertiary alicyclic amines) is 1. The van der Waals surface area contributed by atoms with Crippen molar-refractivity contribution < 1.29 is 0 Å². The Morgan fingerprint density at radius 2 is 1.69 bits per heavy atom. The highest BCUT2D eigenvalue weighted by molar-refractivity contribution is 5.85. The molecule has 2 saturated heterocycles. The van der Waals surface area contributed by atoms with Gasteiger partial charge in [0, 0.05) is 12.6 Å². The first kappa shape index (κ1) is 13.5. The highest BCUT2D eigenvalue weighted by atomic mass is 35.5. The largest absolute Gasteiger partial charge is 0.315 e. The highest BCUT2D eigenvalue weighted by Crippen LogP contribution is 2.16. The molecule has 80 valence electrons. The third kappa shape index (κ3) is 3.62. The molecular formula is C9H20Cl2N2. The number of hydrogen-bond acceptors (Lipinski definition) is 2. The molecule has 1 N–H and O–H groups in total. The van der Waals surface area contributed by atoms with Gasteiger partial charge in [0.05, 0.1) is 0 Å². The van der Waals surface area contributed by atoms with Crippen LogP contribution in [0.15, 0.2) is 0 Å². The van der Waals surface area contributed by atoms with Gasteiger partial charge in [-0.25, -0.2) is 0 Å². The van der Waals surface area contributed by atoms with Crippen molar-refractivity contribution in [1.82, 2.24) is 10.2 Å². The van der Waals surface area contributed by atoms with Crippen LogP contribution in [0.2, 0.25) is 0 Å². The lowest BCUT2D eigenvalue weighted by Crippen LogP contribution is -2.44. The molecule has 2 rings (SSSR count). The molecule has 0 amide bonds. The molecule has 0 aromatic rings. The number of rotatable bonds is 1. The fourth-order valence-electron chi connectivity index (χ4n) is 2.25. The normalized spacial score (nSPS) is 29.1. The number of nitrogens with one attached hydrogen (secondary N) is 1. The Hall–Kier alpha value is 0.500. The molecule has 2 aliphatic heterocycles. The molecule has 2 nitrogen and oxygen atoms in total. The van der Waals surface area contributed by atoms with Crippen molar-refractivity contribution in [2.24, 2.45) is 0 Å². The van der Waals surface area contributed by atoms with Gasteiger partial charge in [-0.1, -0.05) is 0 Å². The maximum atomic E-state index is 3.47. The first-order chi connectivity index (χ1) is 5.47. The molecule has 0 radical (unpaired) electrons. The van der Waals surface area contributed by atoms with Crippen LogP contribution in [0.5, 0.6) is 0 Å². The summed E-state index contributed by atoms with van der Waals surface area (Å²) in [5.74, 6) is 0. The molecule has 2 fully saturated rings. The zero-order valence-electron chi connectivity index (χ0n) is 8.00. The lowest BCUT2D eigenvalue weighted by atomic mass is 10.1. The monoisotopic (exact) mass is 226 g/mol. The summed E-state index contributed by atoms with van der Waals surface area (Å²) in [6.45, 7) is 5.18. The Morgan fingerprint density at radius 1 is 1.00 bits per heavy atom. The lowest BCUT2D eigenvalue weighted by molar-refractivity contribution is 0.203. The predicted molar refractivity (Wildman–Crippen MR) is 61.2 cm³/mol. The summed E-state index contributed by atoms with van der Waals surface area (Å²) in [5.41, 5.74) is 0. The van der Waals surface area contributed by atoms with E-state index in [1.807, 2.05) is 0 Å². The maximum Gasteiger partial charge on any atom is 0.0221 e. The number of nitrogens with zero attached hydrogens (tertiary/aromatic N) is 1. The Balaban J connectivity index is 0.000000720. The smallest absolute Gasteiger partial charge is 0.0221 e. The number of halogens is 2. The lowest BCUT2D eigenvalue weighted by Gasteiger charge is -2.31. The summed E-state index contributed by atoms with van der Waals surface area (Å²) in [6.07, 6.45) is 5.65. The molecule has 13 heavy (non-hydrogen) atoms. The van der Waals surface area contributed by atoms with E-state index in [0.717, 1.165) is 6.04 Å². The van der Waals surface area contributed by atoms with Gasteiger partial charge in [0.15, 0.2) is 0 Å². The van der Waals surface area contributed by atoms with E-state index in [2.05, 4.69) is 10.2 Å². The van der Waals surface area contributed by atoms with Crippen LogP contribution >= 0.6 is 24.8 Å². The molecule has 0 bridgehead atoms. The molecule has 0 aromatic carbocycles. The van der Waals surface area contributed by atoms with Gasteiger partial charge in [-0.05, 0) is 45.3 Å². The highest BCUT2D eigenvalue weighted by Gasteiger charge is 2.22. The fourth-order valence-corrected chi connectivity index (χ4v) is 2.25. The summed E-state index contributed by atoms with van der Waals surface area (Å²) in [6, 6.07) is 0.867. The maximum absolute atomic E-state index is 3.47. The van der Waals surface area contributed by atoms with Crippen LogP contribution in [0.1, 0.15) is 25.7 Å². The Morgan fingerprint density at radius 3 is 2.23 bits per heavy atom. The van der Waals surface area contributed by atoms with Gasteiger partial charge in [0.2, 0.25) is 0 Å². The van der Waals surface area contributed by atoms with Crippen molar-refractivity contribution >= 4 is 24.8 Å². The second-order valence-electron chi connectivity index (χ2n) is 3.74. The zero-order chi connectivity index (χ0) is 7.52. The van der Waals surface area contributed by atoms with E-state index in [9.17, 15) is 0 Å². The van der Waals surface area contributed by atoms with Crippen LogP contribution in [0.3, 0.4) is 0 Å². The van der Waals surface area contributed by atoms with E-state index in [0.29, 0.717) is 0 Å². The van der Waals surface area contributed by atoms with Gasteiger partial charge in [0.1, 0.15) is 0 Å². The van der Waals surface area contributed by atoms with Gasteiger partial charge >= 0.3 is 0 Å². The van der Waals surface area contributed by atoms with Gasteiger partial charge in [0.25, 0.3) is 0 Å². The first-order valence-corrected chi connectivity index (χ1v) is 4.91. The molecule has 0 aromatic heterocycles. The second kappa shape index (κ2) is 6.88. The van der Waals surface area contributed by atoms with Gasteiger partial charge in [-0.2, -0.15) is 0 Å². The third-order valence-corrected chi connectivity index (χ3v) is 2.93. The Bertz CT molecular complexity index is 121. The fraction of sp³-hybridized carbons (Fsp3) is 1.00.